The van der Waals surface area contributed by atoms with Crippen molar-refractivity contribution in [2.24, 2.45) is 23.2 Å². The van der Waals surface area contributed by atoms with Crippen LogP contribution in [0.4, 0.5) is 0 Å². The monoisotopic (exact) mass is 354 g/mol. The maximum absolute atomic E-state index is 12.9. The molecule has 0 aliphatic heterocycles. The van der Waals surface area contributed by atoms with Crippen LogP contribution in [0.5, 0.6) is 0 Å². The molecule has 0 spiro atoms. The van der Waals surface area contributed by atoms with E-state index in [2.05, 4.69) is 29.7 Å². The number of carbonyl (C=O) groups excluding carboxylic acids is 2. The zero-order valence-corrected chi connectivity index (χ0v) is 15.7. The van der Waals surface area contributed by atoms with E-state index in [1.807, 2.05) is 18.2 Å². The van der Waals surface area contributed by atoms with Gasteiger partial charge in [0.25, 0.3) is 0 Å². The largest absolute Gasteiger partial charge is 0.354 e. The van der Waals surface area contributed by atoms with Crippen molar-refractivity contribution in [3.05, 3.63) is 35.9 Å². The average Bonchev–Trinajstić information content (AvgIpc) is 2.63. The van der Waals surface area contributed by atoms with E-state index in [1.54, 1.807) is 0 Å². The molecule has 1 unspecified atom stereocenters. The fraction of sp³-hybridized carbons (Fsp3) is 0.636. The molecule has 0 radical (unpaired) electrons. The molecular formula is C22H30N2O2. The second-order valence-electron chi connectivity index (χ2n) is 9.00. The zero-order valence-electron chi connectivity index (χ0n) is 15.7. The summed E-state index contributed by atoms with van der Waals surface area (Å²) in [4.78, 5) is 25.1. The Morgan fingerprint density at radius 1 is 1.00 bits per heavy atom. The first kappa shape index (κ1) is 17.6. The van der Waals surface area contributed by atoms with Crippen molar-refractivity contribution < 1.29 is 9.59 Å². The van der Waals surface area contributed by atoms with Gasteiger partial charge in [-0.05, 0) is 67.8 Å². The molecule has 4 heteroatoms. The third-order valence-corrected chi connectivity index (χ3v) is 6.90. The van der Waals surface area contributed by atoms with Gasteiger partial charge in [-0.15, -0.1) is 0 Å². The molecule has 5 rings (SSSR count). The van der Waals surface area contributed by atoms with Crippen LogP contribution in [0.1, 0.15) is 56.9 Å². The number of rotatable bonds is 6. The summed E-state index contributed by atoms with van der Waals surface area (Å²) in [5, 5.41) is 5.91. The predicted octanol–water partition coefficient (Wildman–Crippen LogP) is 3.24. The number of benzene rings is 1. The van der Waals surface area contributed by atoms with Crippen molar-refractivity contribution in [1.29, 1.82) is 0 Å². The van der Waals surface area contributed by atoms with E-state index in [0.29, 0.717) is 6.54 Å². The number of nitrogens with one attached hydrogen (secondary N) is 2. The van der Waals surface area contributed by atoms with Crippen molar-refractivity contribution in [1.82, 2.24) is 10.6 Å². The van der Waals surface area contributed by atoms with Crippen LogP contribution >= 0.6 is 0 Å². The van der Waals surface area contributed by atoms with Gasteiger partial charge in [0.05, 0.1) is 6.54 Å². The van der Waals surface area contributed by atoms with Crippen molar-refractivity contribution in [3.63, 3.8) is 0 Å². The summed E-state index contributed by atoms with van der Waals surface area (Å²) in [7, 11) is 0. The Hall–Kier alpha value is -1.84. The van der Waals surface area contributed by atoms with Crippen LogP contribution in [0.3, 0.4) is 0 Å². The van der Waals surface area contributed by atoms with Gasteiger partial charge in [-0.1, -0.05) is 37.3 Å². The highest BCUT2D eigenvalue weighted by atomic mass is 16.2. The molecule has 4 aliphatic rings. The van der Waals surface area contributed by atoms with E-state index in [9.17, 15) is 9.59 Å². The highest BCUT2D eigenvalue weighted by Gasteiger charge is 2.54. The van der Waals surface area contributed by atoms with Gasteiger partial charge in [-0.3, -0.25) is 9.59 Å². The Bertz CT molecular complexity index is 635. The quantitative estimate of drug-likeness (QED) is 0.824. The van der Waals surface area contributed by atoms with Crippen LogP contribution in [0.25, 0.3) is 0 Å². The molecule has 1 aromatic rings. The summed E-state index contributed by atoms with van der Waals surface area (Å²) in [6.45, 7) is 2.79. The summed E-state index contributed by atoms with van der Waals surface area (Å²) >= 11 is 0. The maximum atomic E-state index is 12.9. The smallest absolute Gasteiger partial charge is 0.239 e. The summed E-state index contributed by atoms with van der Waals surface area (Å²) in [5.41, 5.74) is 1.04. The lowest BCUT2D eigenvalue weighted by atomic mass is 9.49. The first-order valence-corrected chi connectivity index (χ1v) is 10.1. The van der Waals surface area contributed by atoms with Crippen LogP contribution in [0.15, 0.2) is 30.3 Å². The van der Waals surface area contributed by atoms with Crippen molar-refractivity contribution >= 4 is 11.8 Å². The topological polar surface area (TPSA) is 58.2 Å². The van der Waals surface area contributed by atoms with Crippen LogP contribution in [-0.2, 0) is 9.59 Å². The summed E-state index contributed by atoms with van der Waals surface area (Å²) in [6.07, 6.45) is 7.09. The van der Waals surface area contributed by atoms with E-state index >= 15 is 0 Å². The van der Waals surface area contributed by atoms with Crippen LogP contribution < -0.4 is 10.6 Å². The van der Waals surface area contributed by atoms with Gasteiger partial charge in [0.1, 0.15) is 0 Å². The van der Waals surface area contributed by atoms with Crippen LogP contribution in [0.2, 0.25) is 0 Å². The lowest BCUT2D eigenvalue weighted by Gasteiger charge is -2.55. The molecule has 0 heterocycles. The maximum Gasteiger partial charge on any atom is 0.239 e. The van der Waals surface area contributed by atoms with Crippen LogP contribution in [-0.4, -0.2) is 24.9 Å². The number of amides is 2. The molecule has 26 heavy (non-hydrogen) atoms. The second-order valence-corrected chi connectivity index (χ2v) is 9.00. The van der Waals surface area contributed by atoms with Gasteiger partial charge in [0.2, 0.25) is 11.8 Å². The number of carbonyl (C=O) groups is 2. The third-order valence-electron chi connectivity index (χ3n) is 6.90. The summed E-state index contributed by atoms with van der Waals surface area (Å²) < 4.78 is 0. The Morgan fingerprint density at radius 2 is 1.58 bits per heavy atom. The molecule has 4 fully saturated rings. The molecule has 4 aliphatic carbocycles. The standard InChI is InChI=1S/C22H30N2O2/c1-15(19-5-3-2-4-6-19)13-23-20(25)14-24-21(26)22-10-16-7-17(11-22)9-18(8-16)12-22/h2-6,15-18H,7-14H2,1H3,(H,23,25)(H,24,26). The second kappa shape index (κ2) is 7.05. The fourth-order valence-corrected chi connectivity index (χ4v) is 5.97. The minimum absolute atomic E-state index is 0.0918. The number of hydrogen-bond acceptors (Lipinski definition) is 2. The lowest BCUT2D eigenvalue weighted by molar-refractivity contribution is -0.147. The first-order chi connectivity index (χ1) is 12.5. The van der Waals surface area contributed by atoms with Gasteiger partial charge < -0.3 is 10.6 Å². The molecule has 4 saturated carbocycles. The molecule has 4 nitrogen and oxygen atoms in total. The van der Waals surface area contributed by atoms with Crippen molar-refractivity contribution in [3.8, 4) is 0 Å². The molecule has 0 aromatic heterocycles. The van der Waals surface area contributed by atoms with E-state index in [0.717, 1.165) is 37.0 Å². The minimum atomic E-state index is -0.174. The molecule has 4 bridgehead atoms. The molecule has 2 N–H and O–H groups in total. The highest BCUT2D eigenvalue weighted by Crippen LogP contribution is 2.60. The zero-order chi connectivity index (χ0) is 18.1. The van der Waals surface area contributed by atoms with Gasteiger partial charge in [-0.25, -0.2) is 0 Å². The van der Waals surface area contributed by atoms with Crippen LogP contribution in [0, 0.1) is 23.2 Å². The Labute approximate surface area is 156 Å². The average molecular weight is 354 g/mol. The lowest BCUT2D eigenvalue weighted by Crippen LogP contribution is -2.54. The van der Waals surface area contributed by atoms with Gasteiger partial charge >= 0.3 is 0 Å². The van der Waals surface area contributed by atoms with E-state index in [4.69, 9.17) is 0 Å². The normalized spacial score (nSPS) is 32.9. The number of hydrogen-bond donors (Lipinski definition) is 2. The molecule has 2 amide bonds. The van der Waals surface area contributed by atoms with Crippen molar-refractivity contribution in [2.75, 3.05) is 13.1 Å². The van der Waals surface area contributed by atoms with E-state index < -0.39 is 0 Å². The Balaban J connectivity index is 1.25. The minimum Gasteiger partial charge on any atom is -0.354 e. The molecule has 0 saturated heterocycles. The molecular weight excluding hydrogens is 324 g/mol. The molecule has 140 valence electrons. The Kier molecular flexibility index (Phi) is 4.76. The summed E-state index contributed by atoms with van der Waals surface area (Å²) in [5.74, 6) is 2.53. The molecule has 1 atom stereocenters. The van der Waals surface area contributed by atoms with Gasteiger partial charge in [0.15, 0.2) is 0 Å². The first-order valence-electron chi connectivity index (χ1n) is 10.1. The SMILES string of the molecule is CC(CNC(=O)CNC(=O)C12CC3CC(CC(C3)C1)C2)c1ccccc1. The third kappa shape index (κ3) is 3.51. The highest BCUT2D eigenvalue weighted by molar-refractivity contribution is 5.88. The van der Waals surface area contributed by atoms with Gasteiger partial charge in [-0.2, -0.15) is 0 Å². The van der Waals surface area contributed by atoms with Gasteiger partial charge in [0, 0.05) is 12.0 Å². The van der Waals surface area contributed by atoms with E-state index in [1.165, 1.54) is 24.8 Å². The van der Waals surface area contributed by atoms with E-state index in [-0.39, 0.29) is 29.7 Å². The summed E-state index contributed by atoms with van der Waals surface area (Å²) in [6, 6.07) is 10.2. The predicted molar refractivity (Wildman–Crippen MR) is 101 cm³/mol. The fourth-order valence-electron chi connectivity index (χ4n) is 5.97. The Morgan fingerprint density at radius 3 is 2.15 bits per heavy atom. The van der Waals surface area contributed by atoms with Crippen molar-refractivity contribution in [2.45, 2.75) is 51.4 Å². The molecule has 1 aromatic carbocycles.